The van der Waals surface area contributed by atoms with Gasteiger partial charge in [-0.1, -0.05) is 0 Å². The third-order valence-electron chi connectivity index (χ3n) is 3.75. The number of amides is 1. The smallest absolute Gasteiger partial charge is 0.256 e. The van der Waals surface area contributed by atoms with Crippen molar-refractivity contribution in [2.24, 2.45) is 0 Å². The summed E-state index contributed by atoms with van der Waals surface area (Å²) in [7, 11) is 2.06. The predicted octanol–water partition coefficient (Wildman–Crippen LogP) is 1.30. The van der Waals surface area contributed by atoms with E-state index in [2.05, 4.69) is 26.3 Å². The molecule has 0 spiro atoms. The molecule has 106 valence electrons. The molecule has 3 heterocycles. The highest BCUT2D eigenvalue weighted by molar-refractivity contribution is 7.03. The summed E-state index contributed by atoms with van der Waals surface area (Å²) in [5, 5.41) is 1.83. The molecule has 7 heteroatoms. The minimum Gasteiger partial charge on any atom is -0.347 e. The summed E-state index contributed by atoms with van der Waals surface area (Å²) in [5.74, 6) is 0.978. The van der Waals surface area contributed by atoms with Crippen molar-refractivity contribution in [3.63, 3.8) is 0 Å². The topological polar surface area (TPSA) is 65.1 Å². The molecular formula is C13H17N5OS. The van der Waals surface area contributed by atoms with Gasteiger partial charge in [0.05, 0.1) is 17.3 Å². The van der Waals surface area contributed by atoms with Gasteiger partial charge in [0.1, 0.15) is 5.82 Å². The van der Waals surface area contributed by atoms with Gasteiger partial charge in [-0.05, 0) is 25.5 Å². The van der Waals surface area contributed by atoms with Crippen LogP contribution in [0.3, 0.4) is 0 Å². The maximum absolute atomic E-state index is 12.5. The average Bonchev–Trinajstić information content (AvgIpc) is 3.09. The van der Waals surface area contributed by atoms with Crippen molar-refractivity contribution < 1.29 is 4.79 Å². The van der Waals surface area contributed by atoms with E-state index in [1.807, 2.05) is 23.4 Å². The van der Waals surface area contributed by atoms with Gasteiger partial charge < -0.3 is 9.88 Å². The van der Waals surface area contributed by atoms with Gasteiger partial charge >= 0.3 is 0 Å². The molecule has 2 aromatic rings. The number of nitrogens with zero attached hydrogens (tertiary/aromatic N) is 4. The van der Waals surface area contributed by atoms with Crippen LogP contribution in [0.4, 0.5) is 0 Å². The average molecular weight is 291 g/mol. The van der Waals surface area contributed by atoms with Crippen molar-refractivity contribution in [1.82, 2.24) is 24.1 Å². The number of hydrogen-bond acceptors (Lipinski definition) is 5. The largest absolute Gasteiger partial charge is 0.347 e. The Morgan fingerprint density at radius 3 is 3.00 bits per heavy atom. The lowest BCUT2D eigenvalue weighted by Gasteiger charge is -2.38. The van der Waals surface area contributed by atoms with Crippen LogP contribution in [0.5, 0.6) is 0 Å². The van der Waals surface area contributed by atoms with E-state index < -0.39 is 0 Å². The first kappa shape index (κ1) is 13.3. The molecule has 20 heavy (non-hydrogen) atoms. The first-order valence-corrected chi connectivity index (χ1v) is 7.40. The fourth-order valence-electron chi connectivity index (χ4n) is 2.48. The first-order chi connectivity index (χ1) is 9.66. The van der Waals surface area contributed by atoms with Crippen molar-refractivity contribution in [2.75, 3.05) is 26.7 Å². The fourth-order valence-corrected chi connectivity index (χ4v) is 3.17. The van der Waals surface area contributed by atoms with Crippen molar-refractivity contribution >= 4 is 17.4 Å². The molecule has 6 nitrogen and oxygen atoms in total. The van der Waals surface area contributed by atoms with E-state index in [0.29, 0.717) is 6.54 Å². The van der Waals surface area contributed by atoms with Crippen LogP contribution in [-0.2, 0) is 0 Å². The first-order valence-electron chi connectivity index (χ1n) is 6.56. The maximum Gasteiger partial charge on any atom is 0.256 e. The Hall–Kier alpha value is -1.73. The van der Waals surface area contributed by atoms with Crippen molar-refractivity contribution in [1.29, 1.82) is 0 Å². The highest BCUT2D eigenvalue weighted by Gasteiger charge is 2.31. The molecule has 1 saturated heterocycles. The molecule has 1 unspecified atom stereocenters. The zero-order valence-corrected chi connectivity index (χ0v) is 12.4. The van der Waals surface area contributed by atoms with Crippen molar-refractivity contribution in [3.8, 4) is 0 Å². The molecule has 1 amide bonds. The Kier molecular flexibility index (Phi) is 3.54. The molecule has 1 atom stereocenters. The van der Waals surface area contributed by atoms with Gasteiger partial charge in [-0.15, -0.1) is 0 Å². The van der Waals surface area contributed by atoms with Crippen LogP contribution in [0, 0.1) is 6.92 Å². The lowest BCUT2D eigenvalue weighted by molar-refractivity contribution is 0.0534. The van der Waals surface area contributed by atoms with Crippen LogP contribution in [0.2, 0.25) is 0 Å². The van der Waals surface area contributed by atoms with E-state index in [4.69, 9.17) is 0 Å². The Morgan fingerprint density at radius 2 is 2.35 bits per heavy atom. The zero-order chi connectivity index (χ0) is 14.1. The van der Waals surface area contributed by atoms with Crippen molar-refractivity contribution in [2.45, 2.75) is 13.0 Å². The second-order valence-corrected chi connectivity index (χ2v) is 5.66. The summed E-state index contributed by atoms with van der Waals surface area (Å²) in [6.07, 6.45) is 3.56. The van der Waals surface area contributed by atoms with Crippen LogP contribution in [-0.4, -0.2) is 56.7 Å². The number of nitrogens with one attached hydrogen (secondary N) is 1. The number of likely N-dealkylation sites (N-methyl/N-ethyl adjacent to an activating group) is 1. The summed E-state index contributed by atoms with van der Waals surface area (Å²) in [5.41, 5.74) is 1.53. The molecule has 0 radical (unpaired) electrons. The normalized spacial score (nSPS) is 20.3. The minimum absolute atomic E-state index is 0.0703. The number of carbonyl (C=O) groups is 1. The number of imidazole rings is 1. The van der Waals surface area contributed by atoms with Crippen LogP contribution in [0.1, 0.15) is 27.9 Å². The van der Waals surface area contributed by atoms with Crippen molar-refractivity contribution in [3.05, 3.63) is 34.9 Å². The summed E-state index contributed by atoms with van der Waals surface area (Å²) in [6, 6.07) is 0.120. The third-order valence-corrected chi connectivity index (χ3v) is 4.47. The van der Waals surface area contributed by atoms with Gasteiger partial charge in [-0.2, -0.15) is 4.37 Å². The number of H-pyrrole nitrogens is 1. The van der Waals surface area contributed by atoms with E-state index in [1.165, 1.54) is 11.5 Å². The van der Waals surface area contributed by atoms with Gasteiger partial charge in [0.15, 0.2) is 0 Å². The lowest BCUT2D eigenvalue weighted by atomic mass is 10.1. The molecule has 2 aromatic heterocycles. The van der Waals surface area contributed by atoms with E-state index in [-0.39, 0.29) is 11.9 Å². The zero-order valence-electron chi connectivity index (χ0n) is 11.5. The number of aromatic nitrogens is 3. The predicted molar refractivity (Wildman–Crippen MR) is 76.7 cm³/mol. The van der Waals surface area contributed by atoms with Crippen LogP contribution in [0.25, 0.3) is 0 Å². The van der Waals surface area contributed by atoms with E-state index >= 15 is 0 Å². The van der Waals surface area contributed by atoms with Gasteiger partial charge in [-0.25, -0.2) is 4.98 Å². The van der Waals surface area contributed by atoms with Crippen LogP contribution < -0.4 is 0 Å². The van der Waals surface area contributed by atoms with Crippen LogP contribution in [0.15, 0.2) is 17.8 Å². The second-order valence-electron chi connectivity index (χ2n) is 5.04. The number of carbonyl (C=O) groups excluding carboxylic acids is 1. The Balaban J connectivity index is 1.79. The van der Waals surface area contributed by atoms with Gasteiger partial charge in [0.2, 0.25) is 0 Å². The van der Waals surface area contributed by atoms with E-state index in [9.17, 15) is 4.79 Å². The van der Waals surface area contributed by atoms with Crippen LogP contribution >= 0.6 is 11.5 Å². The molecule has 0 aromatic carbocycles. The highest BCUT2D eigenvalue weighted by Crippen LogP contribution is 2.23. The number of rotatable bonds is 2. The fraction of sp³-hybridized carbons (Fsp3) is 0.462. The van der Waals surface area contributed by atoms with Gasteiger partial charge in [-0.3, -0.25) is 9.69 Å². The summed E-state index contributed by atoms with van der Waals surface area (Å²) >= 11 is 1.33. The summed E-state index contributed by atoms with van der Waals surface area (Å²) < 4.78 is 4.18. The third kappa shape index (κ3) is 2.34. The highest BCUT2D eigenvalue weighted by atomic mass is 32.1. The molecular weight excluding hydrogens is 274 g/mol. The Labute approximate surface area is 121 Å². The van der Waals surface area contributed by atoms with E-state index in [0.717, 1.165) is 30.2 Å². The molecule has 1 aliphatic rings. The number of aryl methyl sites for hydroxylation is 1. The molecule has 1 N–H and O–H groups in total. The summed E-state index contributed by atoms with van der Waals surface area (Å²) in [4.78, 5) is 24.1. The number of piperazine rings is 1. The number of hydrogen-bond donors (Lipinski definition) is 1. The van der Waals surface area contributed by atoms with E-state index in [1.54, 1.807) is 6.20 Å². The molecule has 1 fully saturated rings. The monoisotopic (exact) mass is 291 g/mol. The minimum atomic E-state index is 0.0703. The second kappa shape index (κ2) is 5.34. The maximum atomic E-state index is 12.5. The SMILES string of the molecule is Cc1nscc1C(=O)N1CCN(C)C(c2ncc[nH]2)C1. The summed E-state index contributed by atoms with van der Waals surface area (Å²) in [6.45, 7) is 4.11. The standard InChI is InChI=1S/C13H17N5OS/c1-9-10(8-20-16-9)13(19)18-6-5-17(2)11(7-18)12-14-3-4-15-12/h3-4,8,11H,5-7H2,1-2H3,(H,14,15). The molecule has 0 aliphatic carbocycles. The number of aromatic amines is 1. The molecule has 1 aliphatic heterocycles. The van der Waals surface area contributed by atoms with Gasteiger partial charge in [0, 0.05) is 37.4 Å². The quantitative estimate of drug-likeness (QED) is 0.906. The molecule has 0 saturated carbocycles. The molecule has 3 rings (SSSR count). The Morgan fingerprint density at radius 1 is 1.50 bits per heavy atom. The van der Waals surface area contributed by atoms with Gasteiger partial charge in [0.25, 0.3) is 5.91 Å². The Bertz CT molecular complexity index is 594. The molecule has 0 bridgehead atoms. The lowest BCUT2D eigenvalue weighted by Crippen LogP contribution is -2.49.